The number of rotatable bonds is 5. The van der Waals surface area contributed by atoms with E-state index < -0.39 is 5.60 Å². The van der Waals surface area contributed by atoms with Crippen LogP contribution in [0.2, 0.25) is 0 Å². The fourth-order valence-corrected chi connectivity index (χ4v) is 1.15. The zero-order chi connectivity index (χ0) is 11.3. The van der Waals surface area contributed by atoms with E-state index in [9.17, 15) is 5.11 Å². The van der Waals surface area contributed by atoms with Crippen LogP contribution < -0.4 is 10.5 Å². The molecular weight excluding hydrogens is 190 g/mol. The summed E-state index contributed by atoms with van der Waals surface area (Å²) in [6.45, 7) is 4.43. The lowest BCUT2D eigenvalue weighted by Gasteiger charge is -2.22. The van der Waals surface area contributed by atoms with Gasteiger partial charge in [-0.3, -0.25) is 0 Å². The second-order valence-electron chi connectivity index (χ2n) is 3.95. The standard InChI is InChI=1S/C12H19NO2/c1-3-12(2,14)9-15-11-7-5-4-6-10(11)8-13/h4-7,14H,3,8-9,13H2,1-2H3. The topological polar surface area (TPSA) is 55.5 Å². The lowest BCUT2D eigenvalue weighted by Crippen LogP contribution is -2.31. The van der Waals surface area contributed by atoms with Crippen molar-refractivity contribution in [3.05, 3.63) is 29.8 Å². The van der Waals surface area contributed by atoms with Gasteiger partial charge >= 0.3 is 0 Å². The van der Waals surface area contributed by atoms with Crippen molar-refractivity contribution in [2.75, 3.05) is 6.61 Å². The van der Waals surface area contributed by atoms with Crippen molar-refractivity contribution in [1.29, 1.82) is 0 Å². The molecule has 0 amide bonds. The van der Waals surface area contributed by atoms with Gasteiger partial charge in [0.1, 0.15) is 12.4 Å². The molecule has 84 valence electrons. The van der Waals surface area contributed by atoms with E-state index in [1.54, 1.807) is 6.92 Å². The highest BCUT2D eigenvalue weighted by Crippen LogP contribution is 2.19. The second kappa shape index (κ2) is 5.14. The van der Waals surface area contributed by atoms with Crippen molar-refractivity contribution < 1.29 is 9.84 Å². The lowest BCUT2D eigenvalue weighted by atomic mass is 10.1. The molecule has 0 bridgehead atoms. The predicted octanol–water partition coefficient (Wildman–Crippen LogP) is 1.69. The van der Waals surface area contributed by atoms with Crippen LogP contribution in [0.3, 0.4) is 0 Å². The summed E-state index contributed by atoms with van der Waals surface area (Å²) in [5.74, 6) is 0.758. The Morgan fingerprint density at radius 1 is 1.40 bits per heavy atom. The Morgan fingerprint density at radius 2 is 2.07 bits per heavy atom. The minimum Gasteiger partial charge on any atom is -0.490 e. The third-order valence-corrected chi connectivity index (χ3v) is 2.49. The van der Waals surface area contributed by atoms with E-state index in [-0.39, 0.29) is 0 Å². The summed E-state index contributed by atoms with van der Waals surface area (Å²) in [6, 6.07) is 7.62. The average molecular weight is 209 g/mol. The maximum absolute atomic E-state index is 9.79. The molecule has 1 rings (SSSR count). The van der Waals surface area contributed by atoms with Crippen LogP contribution in [0, 0.1) is 0 Å². The molecule has 1 aromatic rings. The van der Waals surface area contributed by atoms with E-state index in [2.05, 4.69) is 0 Å². The van der Waals surface area contributed by atoms with E-state index in [4.69, 9.17) is 10.5 Å². The third-order valence-electron chi connectivity index (χ3n) is 2.49. The molecule has 0 aliphatic carbocycles. The highest BCUT2D eigenvalue weighted by atomic mass is 16.5. The molecule has 15 heavy (non-hydrogen) atoms. The van der Waals surface area contributed by atoms with E-state index in [1.807, 2.05) is 31.2 Å². The van der Waals surface area contributed by atoms with Gasteiger partial charge in [0.15, 0.2) is 0 Å². The van der Waals surface area contributed by atoms with Gasteiger partial charge in [-0.2, -0.15) is 0 Å². The molecule has 0 heterocycles. The maximum atomic E-state index is 9.79. The molecule has 0 radical (unpaired) electrons. The number of nitrogens with two attached hydrogens (primary N) is 1. The number of hydrogen-bond donors (Lipinski definition) is 2. The third kappa shape index (κ3) is 3.53. The van der Waals surface area contributed by atoms with Crippen molar-refractivity contribution in [2.45, 2.75) is 32.4 Å². The van der Waals surface area contributed by atoms with Crippen LogP contribution in [-0.4, -0.2) is 17.3 Å². The SMILES string of the molecule is CCC(C)(O)COc1ccccc1CN. The van der Waals surface area contributed by atoms with Crippen molar-refractivity contribution in [1.82, 2.24) is 0 Å². The average Bonchev–Trinajstić information content (AvgIpc) is 2.27. The Bertz CT molecular complexity index is 310. The summed E-state index contributed by atoms with van der Waals surface area (Å²) in [7, 11) is 0. The molecule has 3 heteroatoms. The molecule has 1 atom stereocenters. The van der Waals surface area contributed by atoms with Crippen LogP contribution in [0.5, 0.6) is 5.75 Å². The van der Waals surface area contributed by atoms with Gasteiger partial charge in [-0.25, -0.2) is 0 Å². The molecular formula is C12H19NO2. The number of hydrogen-bond acceptors (Lipinski definition) is 3. The summed E-state index contributed by atoms with van der Waals surface area (Å²) in [6.07, 6.45) is 0.664. The van der Waals surface area contributed by atoms with E-state index in [1.165, 1.54) is 0 Å². The number of aliphatic hydroxyl groups is 1. The van der Waals surface area contributed by atoms with Crippen LogP contribution >= 0.6 is 0 Å². The zero-order valence-electron chi connectivity index (χ0n) is 9.36. The monoisotopic (exact) mass is 209 g/mol. The lowest BCUT2D eigenvalue weighted by molar-refractivity contribution is 0.00819. The fourth-order valence-electron chi connectivity index (χ4n) is 1.15. The smallest absolute Gasteiger partial charge is 0.123 e. The first kappa shape index (κ1) is 12.0. The van der Waals surface area contributed by atoms with Crippen molar-refractivity contribution in [3.8, 4) is 5.75 Å². The number of benzene rings is 1. The molecule has 0 fully saturated rings. The van der Waals surface area contributed by atoms with Crippen molar-refractivity contribution in [2.24, 2.45) is 5.73 Å². The van der Waals surface area contributed by atoms with Crippen molar-refractivity contribution in [3.63, 3.8) is 0 Å². The Hall–Kier alpha value is -1.06. The molecule has 3 nitrogen and oxygen atoms in total. The van der Waals surface area contributed by atoms with Gasteiger partial charge in [0.2, 0.25) is 0 Å². The summed E-state index contributed by atoms with van der Waals surface area (Å²) >= 11 is 0. The predicted molar refractivity (Wildman–Crippen MR) is 60.7 cm³/mol. The minimum atomic E-state index is -0.776. The van der Waals surface area contributed by atoms with Gasteiger partial charge in [0, 0.05) is 12.1 Å². The van der Waals surface area contributed by atoms with Crippen LogP contribution in [0.15, 0.2) is 24.3 Å². The van der Waals surface area contributed by atoms with Crippen LogP contribution in [0.4, 0.5) is 0 Å². The van der Waals surface area contributed by atoms with E-state index >= 15 is 0 Å². The first-order valence-electron chi connectivity index (χ1n) is 5.22. The molecule has 0 aliphatic heterocycles. The first-order chi connectivity index (χ1) is 7.09. The molecule has 1 unspecified atom stereocenters. The van der Waals surface area contributed by atoms with Crippen molar-refractivity contribution >= 4 is 0 Å². The molecule has 0 spiro atoms. The summed E-state index contributed by atoms with van der Waals surface area (Å²) in [4.78, 5) is 0. The highest BCUT2D eigenvalue weighted by molar-refractivity contribution is 5.33. The number of ether oxygens (including phenoxy) is 1. The molecule has 0 saturated heterocycles. The molecule has 1 aromatic carbocycles. The fraction of sp³-hybridized carbons (Fsp3) is 0.500. The van der Waals surface area contributed by atoms with Gasteiger partial charge in [-0.15, -0.1) is 0 Å². The molecule has 3 N–H and O–H groups in total. The Labute approximate surface area is 90.9 Å². The highest BCUT2D eigenvalue weighted by Gasteiger charge is 2.18. The minimum absolute atomic E-state index is 0.292. The first-order valence-corrected chi connectivity index (χ1v) is 5.22. The maximum Gasteiger partial charge on any atom is 0.123 e. The van der Waals surface area contributed by atoms with Gasteiger partial charge < -0.3 is 15.6 Å². The van der Waals surface area contributed by atoms with Gasteiger partial charge in [-0.1, -0.05) is 25.1 Å². The van der Waals surface area contributed by atoms with Crippen LogP contribution in [0.1, 0.15) is 25.8 Å². The Kier molecular flexibility index (Phi) is 4.12. The van der Waals surface area contributed by atoms with E-state index in [0.29, 0.717) is 19.6 Å². The molecule has 0 aliphatic rings. The van der Waals surface area contributed by atoms with Crippen LogP contribution in [-0.2, 0) is 6.54 Å². The summed E-state index contributed by atoms with van der Waals surface area (Å²) < 4.78 is 5.55. The van der Waals surface area contributed by atoms with Gasteiger partial charge in [0.25, 0.3) is 0 Å². The normalized spacial score (nSPS) is 14.7. The second-order valence-corrected chi connectivity index (χ2v) is 3.95. The van der Waals surface area contributed by atoms with Crippen LogP contribution in [0.25, 0.3) is 0 Å². The zero-order valence-corrected chi connectivity index (χ0v) is 9.36. The van der Waals surface area contributed by atoms with Gasteiger partial charge in [0.05, 0.1) is 5.60 Å². The Morgan fingerprint density at radius 3 is 2.67 bits per heavy atom. The number of para-hydroxylation sites is 1. The van der Waals surface area contributed by atoms with Gasteiger partial charge in [-0.05, 0) is 19.4 Å². The molecule has 0 aromatic heterocycles. The largest absolute Gasteiger partial charge is 0.490 e. The Balaban J connectivity index is 2.65. The summed E-state index contributed by atoms with van der Waals surface area (Å²) in [5.41, 5.74) is 5.77. The quantitative estimate of drug-likeness (QED) is 0.775. The summed E-state index contributed by atoms with van der Waals surface area (Å²) in [5, 5.41) is 9.79. The molecule has 0 saturated carbocycles. The van der Waals surface area contributed by atoms with E-state index in [0.717, 1.165) is 11.3 Å².